The molecule has 65 heavy (non-hydrogen) atoms. The predicted molar refractivity (Wildman–Crippen MR) is 274 cm³/mol. The van der Waals surface area contributed by atoms with Gasteiger partial charge in [-0.2, -0.15) is 0 Å². The minimum absolute atomic E-state index is 0.896. The Morgan fingerprint density at radius 1 is 0.338 bits per heavy atom. The van der Waals surface area contributed by atoms with Gasteiger partial charge in [-0.1, -0.05) is 188 Å². The second-order valence-corrected chi connectivity index (χ2v) is 16.8. The highest BCUT2D eigenvalue weighted by molar-refractivity contribution is 6.16. The molecule has 3 nitrogen and oxygen atoms in total. The van der Waals surface area contributed by atoms with Gasteiger partial charge in [0.15, 0.2) is 0 Å². The lowest BCUT2D eigenvalue weighted by atomic mass is 9.93. The van der Waals surface area contributed by atoms with Gasteiger partial charge in [0.05, 0.1) is 22.4 Å². The molecule has 0 aliphatic carbocycles. The van der Waals surface area contributed by atoms with Gasteiger partial charge in [-0.3, -0.25) is 0 Å². The van der Waals surface area contributed by atoms with Gasteiger partial charge in [0.25, 0.3) is 0 Å². The Hall–Kier alpha value is -8.66. The number of aromatic nitrogens is 1. The second kappa shape index (κ2) is 15.0. The number of benzene rings is 11. The standard InChI is InChI=1S/C62H40N2O/c1-2-21-48-41(16-1)34-35-43-17-14-32-59(61(43)48)63(46-19-13-18-44(40-46)49-27-15-28-55-54-26-8-12-33-60(54)65-62(49)55)45-38-36-42(37-39-45)47-20-3-4-22-50(47)51-23-5-9-29-56(51)64-57-30-10-6-24-52(57)53-25-7-11-31-58(53)64/h1-40H. The van der Waals surface area contributed by atoms with E-state index in [1.807, 2.05) is 6.07 Å². The normalized spacial score (nSPS) is 11.7. The average Bonchev–Trinajstić information content (AvgIpc) is 3.93. The first-order valence-corrected chi connectivity index (χ1v) is 22.3. The zero-order chi connectivity index (χ0) is 42.8. The lowest BCUT2D eigenvalue weighted by Gasteiger charge is -2.28. The first-order valence-electron chi connectivity index (χ1n) is 22.3. The van der Waals surface area contributed by atoms with Crippen LogP contribution in [-0.4, -0.2) is 4.57 Å². The van der Waals surface area contributed by atoms with Crippen molar-refractivity contribution in [2.75, 3.05) is 4.90 Å². The Morgan fingerprint density at radius 3 is 1.74 bits per heavy atom. The van der Waals surface area contributed by atoms with Gasteiger partial charge in [-0.05, 0) is 93.0 Å². The van der Waals surface area contributed by atoms with Crippen LogP contribution in [0, 0.1) is 0 Å². The molecule has 11 aromatic carbocycles. The molecule has 0 atom stereocenters. The summed E-state index contributed by atoms with van der Waals surface area (Å²) < 4.78 is 8.99. The van der Waals surface area contributed by atoms with E-state index in [-0.39, 0.29) is 0 Å². The number of nitrogens with zero attached hydrogens (tertiary/aromatic N) is 2. The summed E-state index contributed by atoms with van der Waals surface area (Å²) in [6.07, 6.45) is 0. The van der Waals surface area contributed by atoms with Crippen molar-refractivity contribution in [3.63, 3.8) is 0 Å². The molecule has 0 bridgehead atoms. The third kappa shape index (κ3) is 5.97. The Morgan fingerprint density at radius 2 is 0.923 bits per heavy atom. The smallest absolute Gasteiger partial charge is 0.143 e. The van der Waals surface area contributed by atoms with Crippen LogP contribution in [0.25, 0.3) is 104 Å². The Kier molecular flexibility index (Phi) is 8.53. The van der Waals surface area contributed by atoms with Crippen molar-refractivity contribution in [1.82, 2.24) is 4.57 Å². The molecule has 0 aliphatic heterocycles. The van der Waals surface area contributed by atoms with Crippen molar-refractivity contribution < 1.29 is 4.42 Å². The first-order chi connectivity index (χ1) is 32.3. The topological polar surface area (TPSA) is 21.3 Å². The molecule has 0 saturated carbocycles. The van der Waals surface area contributed by atoms with Crippen molar-refractivity contribution >= 4 is 82.4 Å². The minimum Gasteiger partial charge on any atom is -0.455 e. The van der Waals surface area contributed by atoms with Gasteiger partial charge in [0.2, 0.25) is 0 Å². The van der Waals surface area contributed by atoms with Gasteiger partial charge >= 0.3 is 0 Å². The lowest BCUT2D eigenvalue weighted by molar-refractivity contribution is 0.670. The molecule has 0 saturated heterocycles. The van der Waals surface area contributed by atoms with Crippen molar-refractivity contribution in [1.29, 1.82) is 0 Å². The molecule has 0 N–H and O–H groups in total. The Balaban J connectivity index is 0.974. The molecule has 304 valence electrons. The molecular formula is C62H40N2O. The van der Waals surface area contributed by atoms with E-state index in [9.17, 15) is 0 Å². The van der Waals surface area contributed by atoms with Crippen LogP contribution in [0.2, 0.25) is 0 Å². The summed E-state index contributed by atoms with van der Waals surface area (Å²) in [5, 5.41) is 9.60. The van der Waals surface area contributed by atoms with E-state index in [2.05, 4.69) is 246 Å². The third-order valence-electron chi connectivity index (χ3n) is 13.2. The summed E-state index contributed by atoms with van der Waals surface area (Å²) in [5.74, 6) is 0. The number of fused-ring (bicyclic) bond motifs is 9. The van der Waals surface area contributed by atoms with Crippen LogP contribution in [0.1, 0.15) is 0 Å². The zero-order valence-corrected chi connectivity index (χ0v) is 35.4. The van der Waals surface area contributed by atoms with Crippen LogP contribution in [-0.2, 0) is 0 Å². The van der Waals surface area contributed by atoms with E-state index >= 15 is 0 Å². The van der Waals surface area contributed by atoms with Crippen molar-refractivity contribution in [2.45, 2.75) is 0 Å². The summed E-state index contributed by atoms with van der Waals surface area (Å²) in [6, 6.07) is 87.7. The van der Waals surface area contributed by atoms with Crippen molar-refractivity contribution in [3.05, 3.63) is 243 Å². The van der Waals surface area contributed by atoms with Gasteiger partial charge in [-0.25, -0.2) is 0 Å². The van der Waals surface area contributed by atoms with Crippen LogP contribution in [0.15, 0.2) is 247 Å². The van der Waals surface area contributed by atoms with Crippen molar-refractivity contribution in [2.24, 2.45) is 0 Å². The maximum atomic E-state index is 6.56. The Labute approximate surface area is 376 Å². The monoisotopic (exact) mass is 828 g/mol. The first kappa shape index (κ1) is 36.9. The molecule has 13 aromatic rings. The average molecular weight is 829 g/mol. The lowest BCUT2D eigenvalue weighted by Crippen LogP contribution is -2.10. The molecule has 0 fully saturated rings. The second-order valence-electron chi connectivity index (χ2n) is 16.8. The minimum atomic E-state index is 0.896. The number of rotatable bonds is 7. The van der Waals surface area contributed by atoms with Gasteiger partial charge in [0, 0.05) is 49.4 Å². The largest absolute Gasteiger partial charge is 0.455 e. The fourth-order valence-corrected chi connectivity index (χ4v) is 10.3. The maximum Gasteiger partial charge on any atom is 0.143 e. The molecular weight excluding hydrogens is 789 g/mol. The third-order valence-corrected chi connectivity index (χ3v) is 13.2. The number of hydrogen-bond donors (Lipinski definition) is 0. The SMILES string of the molecule is c1cc(-c2cccc3c2oc2ccccc23)cc(N(c2ccc(-c3ccccc3-c3ccccc3-n3c4ccccc4c4ccccc43)cc2)c2cccc3ccc4ccccc4c23)c1. The van der Waals surface area contributed by atoms with Crippen LogP contribution >= 0.6 is 0 Å². The molecule has 2 aromatic heterocycles. The molecule has 13 rings (SSSR count). The van der Waals surface area contributed by atoms with E-state index in [1.165, 1.54) is 60.0 Å². The van der Waals surface area contributed by atoms with E-state index in [1.54, 1.807) is 0 Å². The summed E-state index contributed by atoms with van der Waals surface area (Å²) in [4.78, 5) is 2.42. The maximum absolute atomic E-state index is 6.56. The van der Waals surface area contributed by atoms with Crippen LogP contribution < -0.4 is 4.90 Å². The highest BCUT2D eigenvalue weighted by atomic mass is 16.3. The summed E-state index contributed by atoms with van der Waals surface area (Å²) >= 11 is 0. The van der Waals surface area contributed by atoms with Crippen LogP contribution in [0.3, 0.4) is 0 Å². The van der Waals surface area contributed by atoms with Crippen LogP contribution in [0.4, 0.5) is 17.1 Å². The number of para-hydroxylation sites is 5. The summed E-state index contributed by atoms with van der Waals surface area (Å²) in [7, 11) is 0. The number of furan rings is 1. The van der Waals surface area contributed by atoms with Crippen molar-refractivity contribution in [3.8, 4) is 39.1 Å². The zero-order valence-electron chi connectivity index (χ0n) is 35.4. The highest BCUT2D eigenvalue weighted by Gasteiger charge is 2.21. The van der Waals surface area contributed by atoms with Gasteiger partial charge in [0.1, 0.15) is 11.2 Å². The number of hydrogen-bond acceptors (Lipinski definition) is 2. The molecule has 0 spiro atoms. The summed E-state index contributed by atoms with van der Waals surface area (Å²) in [6.45, 7) is 0. The molecule has 0 aliphatic rings. The van der Waals surface area contributed by atoms with E-state index in [0.717, 1.165) is 61.4 Å². The molecule has 0 unspecified atom stereocenters. The molecule has 3 heteroatoms. The van der Waals surface area contributed by atoms with E-state index in [0.29, 0.717) is 0 Å². The predicted octanol–water partition coefficient (Wildman–Crippen LogP) is 17.5. The van der Waals surface area contributed by atoms with Crippen LogP contribution in [0.5, 0.6) is 0 Å². The molecule has 0 amide bonds. The quantitative estimate of drug-likeness (QED) is 0.149. The Bertz CT molecular complexity index is 3910. The molecule has 2 heterocycles. The van der Waals surface area contributed by atoms with E-state index < -0.39 is 0 Å². The summed E-state index contributed by atoms with van der Waals surface area (Å²) in [5.41, 5.74) is 15.4. The van der Waals surface area contributed by atoms with E-state index in [4.69, 9.17) is 4.42 Å². The molecule has 0 radical (unpaired) electrons. The van der Waals surface area contributed by atoms with Gasteiger partial charge < -0.3 is 13.9 Å². The fourth-order valence-electron chi connectivity index (χ4n) is 10.3. The fraction of sp³-hybridized carbons (Fsp3) is 0. The van der Waals surface area contributed by atoms with Gasteiger partial charge in [-0.15, -0.1) is 0 Å². The highest BCUT2D eigenvalue weighted by Crippen LogP contribution is 2.45. The number of anilines is 3.